The van der Waals surface area contributed by atoms with E-state index in [1.54, 1.807) is 0 Å². The molecule has 0 aromatic heterocycles. The number of hydrogen-bond acceptors (Lipinski definition) is 2. The molecule has 0 aliphatic heterocycles. The summed E-state index contributed by atoms with van der Waals surface area (Å²) in [6.07, 6.45) is 7.23. The summed E-state index contributed by atoms with van der Waals surface area (Å²) in [5, 5.41) is 3.45. The minimum atomic E-state index is 0.246. The monoisotopic (exact) mass is 231 g/mol. The smallest absolute Gasteiger partial charge is 0.119 e. The Morgan fingerprint density at radius 1 is 1.29 bits per heavy atom. The van der Waals surface area contributed by atoms with Gasteiger partial charge in [-0.05, 0) is 37.6 Å². The van der Waals surface area contributed by atoms with E-state index in [1.165, 1.54) is 5.56 Å². The second-order valence-electron chi connectivity index (χ2n) is 3.92. The molecular weight excluding hydrogens is 210 g/mol. The minimum absolute atomic E-state index is 0.246. The molecule has 0 bridgehead atoms. The van der Waals surface area contributed by atoms with Crippen molar-refractivity contribution in [3.8, 4) is 18.1 Å². The van der Waals surface area contributed by atoms with Gasteiger partial charge in [0, 0.05) is 12.5 Å². The van der Waals surface area contributed by atoms with Crippen LogP contribution in [0.1, 0.15) is 38.3 Å². The van der Waals surface area contributed by atoms with Gasteiger partial charge in [0.05, 0.1) is 6.61 Å². The lowest BCUT2D eigenvalue weighted by molar-refractivity contribution is 0.340. The highest BCUT2D eigenvalue weighted by atomic mass is 16.5. The van der Waals surface area contributed by atoms with Crippen LogP contribution in [0.3, 0.4) is 0 Å². The summed E-state index contributed by atoms with van der Waals surface area (Å²) in [4.78, 5) is 0. The molecule has 0 fully saturated rings. The molecule has 0 aliphatic carbocycles. The Balaban J connectivity index is 2.69. The van der Waals surface area contributed by atoms with Crippen molar-refractivity contribution in [3.63, 3.8) is 0 Å². The first kappa shape index (κ1) is 13.6. The van der Waals surface area contributed by atoms with Crippen molar-refractivity contribution in [2.75, 3.05) is 13.2 Å². The molecule has 1 unspecified atom stereocenters. The quantitative estimate of drug-likeness (QED) is 0.728. The lowest BCUT2D eigenvalue weighted by Gasteiger charge is -2.16. The van der Waals surface area contributed by atoms with Crippen LogP contribution in [-0.4, -0.2) is 13.2 Å². The second kappa shape index (κ2) is 7.76. The highest BCUT2D eigenvalue weighted by Crippen LogP contribution is 2.20. The van der Waals surface area contributed by atoms with Crippen LogP contribution < -0.4 is 10.1 Å². The molecule has 1 aromatic carbocycles. The molecule has 0 spiro atoms. The Morgan fingerprint density at radius 2 is 2.00 bits per heavy atom. The van der Waals surface area contributed by atoms with Gasteiger partial charge in [-0.3, -0.25) is 0 Å². The normalized spacial score (nSPS) is 11.8. The minimum Gasteiger partial charge on any atom is -0.494 e. The third-order valence-corrected chi connectivity index (χ3v) is 2.56. The summed E-state index contributed by atoms with van der Waals surface area (Å²) >= 11 is 0. The van der Waals surface area contributed by atoms with Gasteiger partial charge in [-0.2, -0.15) is 0 Å². The van der Waals surface area contributed by atoms with E-state index in [9.17, 15) is 0 Å². The molecule has 1 rings (SSSR count). The Hall–Kier alpha value is -1.46. The number of ether oxygens (including phenoxy) is 1. The molecule has 1 N–H and O–H groups in total. The van der Waals surface area contributed by atoms with Crippen LogP contribution in [0.4, 0.5) is 0 Å². The molecule has 1 atom stereocenters. The zero-order valence-electron chi connectivity index (χ0n) is 10.7. The second-order valence-corrected chi connectivity index (χ2v) is 3.92. The van der Waals surface area contributed by atoms with Gasteiger partial charge in [-0.1, -0.05) is 19.1 Å². The van der Waals surface area contributed by atoms with Gasteiger partial charge in [0.15, 0.2) is 0 Å². The lowest BCUT2D eigenvalue weighted by atomic mass is 10.0. The standard InChI is InChI=1S/C15H21NO/c1-4-7-15(16-12-5-2)13-8-10-14(11-9-13)17-6-3/h1,8-11,15-16H,5-7,12H2,2-3H3. The first-order valence-corrected chi connectivity index (χ1v) is 6.21. The van der Waals surface area contributed by atoms with E-state index in [2.05, 4.69) is 30.3 Å². The highest BCUT2D eigenvalue weighted by molar-refractivity contribution is 5.29. The van der Waals surface area contributed by atoms with Crippen LogP contribution in [-0.2, 0) is 0 Å². The van der Waals surface area contributed by atoms with Crippen LogP contribution in [0.15, 0.2) is 24.3 Å². The molecule has 0 amide bonds. The maximum absolute atomic E-state index is 5.42. The van der Waals surface area contributed by atoms with E-state index < -0.39 is 0 Å². The third-order valence-electron chi connectivity index (χ3n) is 2.56. The van der Waals surface area contributed by atoms with Crippen molar-refractivity contribution in [2.24, 2.45) is 0 Å². The number of rotatable bonds is 7. The fourth-order valence-electron chi connectivity index (χ4n) is 1.71. The van der Waals surface area contributed by atoms with Crippen molar-refractivity contribution in [1.29, 1.82) is 0 Å². The fourth-order valence-corrected chi connectivity index (χ4v) is 1.71. The Labute approximate surface area is 104 Å². The zero-order valence-corrected chi connectivity index (χ0v) is 10.7. The molecule has 92 valence electrons. The van der Waals surface area contributed by atoms with Crippen molar-refractivity contribution in [1.82, 2.24) is 5.32 Å². The van der Waals surface area contributed by atoms with Crippen molar-refractivity contribution in [2.45, 2.75) is 32.7 Å². The summed E-state index contributed by atoms with van der Waals surface area (Å²) in [5.41, 5.74) is 1.22. The van der Waals surface area contributed by atoms with E-state index in [1.807, 2.05) is 19.1 Å². The van der Waals surface area contributed by atoms with E-state index in [4.69, 9.17) is 11.2 Å². The molecular formula is C15H21NO. The third kappa shape index (κ3) is 4.50. The number of hydrogen-bond donors (Lipinski definition) is 1. The van der Waals surface area contributed by atoms with E-state index >= 15 is 0 Å². The molecule has 0 aliphatic rings. The van der Waals surface area contributed by atoms with Crippen LogP contribution in [0.2, 0.25) is 0 Å². The molecule has 2 nitrogen and oxygen atoms in total. The molecule has 0 saturated heterocycles. The number of nitrogens with one attached hydrogen (secondary N) is 1. The zero-order chi connectivity index (χ0) is 12.5. The first-order chi connectivity index (χ1) is 8.31. The van der Waals surface area contributed by atoms with Gasteiger partial charge in [-0.15, -0.1) is 12.3 Å². The average Bonchev–Trinajstić information content (AvgIpc) is 2.36. The highest BCUT2D eigenvalue weighted by Gasteiger charge is 2.08. The molecule has 0 saturated carbocycles. The SMILES string of the molecule is C#CCC(NCCC)c1ccc(OCC)cc1. The lowest BCUT2D eigenvalue weighted by Crippen LogP contribution is -2.21. The number of benzene rings is 1. The summed E-state index contributed by atoms with van der Waals surface area (Å²) in [5.74, 6) is 3.63. The maximum Gasteiger partial charge on any atom is 0.119 e. The maximum atomic E-state index is 5.42. The summed E-state index contributed by atoms with van der Waals surface area (Å²) < 4.78 is 5.42. The molecule has 1 aromatic rings. The Bertz CT molecular complexity index is 350. The Morgan fingerprint density at radius 3 is 2.53 bits per heavy atom. The van der Waals surface area contributed by atoms with Crippen LogP contribution in [0, 0.1) is 12.3 Å². The first-order valence-electron chi connectivity index (χ1n) is 6.21. The van der Waals surface area contributed by atoms with E-state index in [0.717, 1.165) is 18.7 Å². The van der Waals surface area contributed by atoms with Gasteiger partial charge in [0.25, 0.3) is 0 Å². The number of terminal acetylenes is 1. The van der Waals surface area contributed by atoms with Gasteiger partial charge in [-0.25, -0.2) is 0 Å². The van der Waals surface area contributed by atoms with Crippen LogP contribution >= 0.6 is 0 Å². The van der Waals surface area contributed by atoms with Gasteiger partial charge >= 0.3 is 0 Å². The van der Waals surface area contributed by atoms with Gasteiger partial charge < -0.3 is 10.1 Å². The van der Waals surface area contributed by atoms with E-state index in [-0.39, 0.29) is 6.04 Å². The Kier molecular flexibility index (Phi) is 6.21. The molecule has 17 heavy (non-hydrogen) atoms. The van der Waals surface area contributed by atoms with Gasteiger partial charge in [0.1, 0.15) is 5.75 Å². The molecule has 0 heterocycles. The predicted molar refractivity (Wildman–Crippen MR) is 72.1 cm³/mol. The predicted octanol–water partition coefficient (Wildman–Crippen LogP) is 3.15. The summed E-state index contributed by atoms with van der Waals surface area (Å²) in [6.45, 7) is 5.82. The molecule has 2 heteroatoms. The van der Waals surface area contributed by atoms with E-state index in [0.29, 0.717) is 13.0 Å². The van der Waals surface area contributed by atoms with Crippen molar-refractivity contribution in [3.05, 3.63) is 29.8 Å². The summed E-state index contributed by atoms with van der Waals surface area (Å²) in [7, 11) is 0. The fraction of sp³-hybridized carbons (Fsp3) is 0.467. The summed E-state index contributed by atoms with van der Waals surface area (Å²) in [6, 6.07) is 8.40. The van der Waals surface area contributed by atoms with Crippen molar-refractivity contribution < 1.29 is 4.74 Å². The largest absolute Gasteiger partial charge is 0.494 e. The van der Waals surface area contributed by atoms with Gasteiger partial charge in [0.2, 0.25) is 0 Å². The molecule has 0 radical (unpaired) electrons. The van der Waals surface area contributed by atoms with Crippen molar-refractivity contribution >= 4 is 0 Å². The van der Waals surface area contributed by atoms with Crippen LogP contribution in [0.5, 0.6) is 5.75 Å². The average molecular weight is 231 g/mol. The topological polar surface area (TPSA) is 21.3 Å². The van der Waals surface area contributed by atoms with Crippen LogP contribution in [0.25, 0.3) is 0 Å².